The number of aromatic nitrogens is 1. The van der Waals surface area contributed by atoms with Crippen LogP contribution in [0.15, 0.2) is 9.70 Å². The maximum Gasteiger partial charge on any atom is 0.270 e. The number of unbranched alkanes of at least 4 members (excludes halogenated alkanes) is 4. The number of thiocarbonyl (C=S) groups is 1. The third-order valence-electron chi connectivity index (χ3n) is 6.77. The summed E-state index contributed by atoms with van der Waals surface area (Å²) in [6.07, 6.45) is 8.59. The van der Waals surface area contributed by atoms with Gasteiger partial charge in [0.15, 0.2) is 0 Å². The van der Waals surface area contributed by atoms with Crippen molar-refractivity contribution in [1.29, 1.82) is 5.26 Å². The molecule has 1 aromatic heterocycles. The van der Waals surface area contributed by atoms with E-state index in [0.29, 0.717) is 33.2 Å². The van der Waals surface area contributed by atoms with Crippen molar-refractivity contribution in [3.05, 3.63) is 31.9 Å². The van der Waals surface area contributed by atoms with Crippen molar-refractivity contribution in [1.82, 2.24) is 9.47 Å². The molecule has 6 nitrogen and oxygen atoms in total. The molecule has 2 aliphatic rings. The molecule has 0 aromatic carbocycles. The summed E-state index contributed by atoms with van der Waals surface area (Å²) < 4.78 is 2.16. The van der Waals surface area contributed by atoms with E-state index in [-0.39, 0.29) is 17.0 Å². The van der Waals surface area contributed by atoms with E-state index >= 15 is 0 Å². The molecule has 184 valence electrons. The number of hydrogen-bond donors (Lipinski definition) is 0. The Morgan fingerprint density at radius 3 is 2.41 bits per heavy atom. The van der Waals surface area contributed by atoms with Crippen LogP contribution < -0.4 is 10.5 Å². The molecule has 0 aliphatic carbocycles. The topological polar surface area (TPSA) is 69.3 Å². The lowest BCUT2D eigenvalue weighted by atomic mass is 9.91. The number of carbonyl (C=O) groups is 1. The minimum atomic E-state index is -0.294. The molecule has 34 heavy (non-hydrogen) atoms. The molecule has 1 aromatic rings. The third kappa shape index (κ3) is 5.58. The van der Waals surface area contributed by atoms with Crippen LogP contribution in [0.25, 0.3) is 6.08 Å². The van der Waals surface area contributed by atoms with Crippen molar-refractivity contribution in [2.45, 2.75) is 66.2 Å². The minimum absolute atomic E-state index is 0.0800. The number of amides is 1. The van der Waals surface area contributed by atoms with Gasteiger partial charge >= 0.3 is 0 Å². The number of thioether (sulfide) groups is 1. The fraction of sp³-hybridized carbons (Fsp3) is 0.615. The second kappa shape index (κ2) is 11.5. The number of hydrogen-bond acceptors (Lipinski definition) is 6. The average Bonchev–Trinajstić information content (AvgIpc) is 3.04. The van der Waals surface area contributed by atoms with Crippen molar-refractivity contribution in [3.8, 4) is 6.07 Å². The molecule has 1 amide bonds. The normalized spacial score (nSPS) is 22.1. The molecule has 2 aliphatic heterocycles. The lowest BCUT2D eigenvalue weighted by molar-refractivity contribution is -0.122. The van der Waals surface area contributed by atoms with Crippen LogP contribution in [-0.2, 0) is 11.8 Å². The van der Waals surface area contributed by atoms with Crippen molar-refractivity contribution < 1.29 is 4.79 Å². The van der Waals surface area contributed by atoms with Crippen molar-refractivity contribution in [2.75, 3.05) is 24.5 Å². The molecule has 2 atom stereocenters. The predicted molar refractivity (Wildman–Crippen MR) is 145 cm³/mol. The molecule has 3 heterocycles. The fourth-order valence-electron chi connectivity index (χ4n) is 5.13. The van der Waals surface area contributed by atoms with Crippen LogP contribution in [0.1, 0.15) is 76.0 Å². The Kier molecular flexibility index (Phi) is 9.00. The van der Waals surface area contributed by atoms with Gasteiger partial charge in [0, 0.05) is 32.2 Å². The maximum absolute atomic E-state index is 13.3. The van der Waals surface area contributed by atoms with E-state index in [4.69, 9.17) is 12.2 Å². The van der Waals surface area contributed by atoms with E-state index in [1.165, 1.54) is 31.0 Å². The van der Waals surface area contributed by atoms with Gasteiger partial charge in [0.25, 0.3) is 11.5 Å². The third-order valence-corrected chi connectivity index (χ3v) is 8.15. The molecule has 2 saturated heterocycles. The molecule has 0 bridgehead atoms. The molecular weight excluding hydrogens is 464 g/mol. The van der Waals surface area contributed by atoms with Gasteiger partial charge in [-0.25, -0.2) is 0 Å². The Hall–Kier alpha value is -2.11. The zero-order valence-corrected chi connectivity index (χ0v) is 22.7. The molecular formula is C26H36N4O2S2. The van der Waals surface area contributed by atoms with Crippen molar-refractivity contribution >= 4 is 46.1 Å². The first kappa shape index (κ1) is 26.5. The Labute approximate surface area is 213 Å². The number of pyridine rings is 1. The molecule has 2 fully saturated rings. The zero-order valence-electron chi connectivity index (χ0n) is 21.0. The summed E-state index contributed by atoms with van der Waals surface area (Å²) in [5.41, 5.74) is 1.22. The number of piperidine rings is 1. The van der Waals surface area contributed by atoms with Gasteiger partial charge in [-0.15, -0.1) is 0 Å². The minimum Gasteiger partial charge on any atom is -0.357 e. The fourth-order valence-corrected chi connectivity index (χ4v) is 6.42. The van der Waals surface area contributed by atoms with Gasteiger partial charge in [-0.3, -0.25) is 19.1 Å². The van der Waals surface area contributed by atoms with Crippen molar-refractivity contribution in [3.63, 3.8) is 0 Å². The van der Waals surface area contributed by atoms with Gasteiger partial charge in [0.05, 0.1) is 4.91 Å². The van der Waals surface area contributed by atoms with E-state index in [1.807, 2.05) is 6.08 Å². The summed E-state index contributed by atoms with van der Waals surface area (Å²) in [6.45, 7) is 10.7. The van der Waals surface area contributed by atoms with Gasteiger partial charge in [0.2, 0.25) is 0 Å². The van der Waals surface area contributed by atoms with E-state index in [9.17, 15) is 14.9 Å². The van der Waals surface area contributed by atoms with Crippen LogP contribution in [-0.4, -0.2) is 39.3 Å². The molecule has 0 saturated carbocycles. The molecule has 3 rings (SSSR count). The highest BCUT2D eigenvalue weighted by Crippen LogP contribution is 2.37. The first-order valence-electron chi connectivity index (χ1n) is 12.3. The van der Waals surface area contributed by atoms with E-state index < -0.39 is 0 Å². The van der Waals surface area contributed by atoms with Crippen LogP contribution in [0.4, 0.5) is 5.82 Å². The SMILES string of the molecule is CCCCCCCN1C(=O)/C(=C/c2c(C)c(C#N)c(=O)n(C)c2N2CC(C)CC(C)C2)SC1=S. The number of rotatable bonds is 8. The second-order valence-corrected chi connectivity index (χ2v) is 11.5. The summed E-state index contributed by atoms with van der Waals surface area (Å²) in [6, 6.07) is 2.08. The highest BCUT2D eigenvalue weighted by atomic mass is 32.2. The standard InChI is InChI=1S/C26H36N4O2S2/c1-6-7-8-9-10-11-30-25(32)22(34-26(30)33)13-20-19(4)21(14-27)24(31)28(5)23(20)29-15-17(2)12-18(3)16-29/h13,17-18H,6-12,15-16H2,1-5H3/b22-13-. The van der Waals surface area contributed by atoms with E-state index in [0.717, 1.165) is 43.7 Å². The second-order valence-electron chi connectivity index (χ2n) is 9.81. The van der Waals surface area contributed by atoms with Gasteiger partial charge < -0.3 is 4.90 Å². The van der Waals surface area contributed by atoms with Crippen LogP contribution >= 0.6 is 24.0 Å². The molecule has 0 spiro atoms. The molecule has 2 unspecified atom stereocenters. The number of nitrogens with zero attached hydrogens (tertiary/aromatic N) is 4. The summed E-state index contributed by atoms with van der Waals surface area (Å²) in [4.78, 5) is 30.7. The molecule has 0 N–H and O–H groups in total. The number of nitriles is 1. The smallest absolute Gasteiger partial charge is 0.270 e. The highest BCUT2D eigenvalue weighted by Gasteiger charge is 2.33. The number of carbonyl (C=O) groups excluding carboxylic acids is 1. The van der Waals surface area contributed by atoms with Crippen LogP contribution in [0.2, 0.25) is 0 Å². The quantitative estimate of drug-likeness (QED) is 0.277. The largest absolute Gasteiger partial charge is 0.357 e. The van der Waals surface area contributed by atoms with Gasteiger partial charge in [-0.05, 0) is 43.2 Å². The van der Waals surface area contributed by atoms with Crippen molar-refractivity contribution in [2.24, 2.45) is 18.9 Å². The molecule has 0 radical (unpaired) electrons. The average molecular weight is 501 g/mol. The Balaban J connectivity index is 1.99. The summed E-state index contributed by atoms with van der Waals surface area (Å²) in [5, 5.41) is 9.69. The number of anilines is 1. The van der Waals surface area contributed by atoms with E-state index in [1.54, 1.807) is 23.4 Å². The van der Waals surface area contributed by atoms with Gasteiger partial charge in [-0.1, -0.05) is 70.4 Å². The first-order valence-corrected chi connectivity index (χ1v) is 13.6. The van der Waals surface area contributed by atoms with Crippen LogP contribution in [0.5, 0.6) is 0 Å². The first-order chi connectivity index (χ1) is 16.2. The Bertz CT molecular complexity index is 1080. The van der Waals surface area contributed by atoms with Crippen LogP contribution in [0, 0.1) is 30.1 Å². The summed E-state index contributed by atoms with van der Waals surface area (Å²) in [5.74, 6) is 1.69. The molecule has 8 heteroatoms. The zero-order chi connectivity index (χ0) is 25.0. The monoisotopic (exact) mass is 500 g/mol. The lowest BCUT2D eigenvalue weighted by Crippen LogP contribution is -2.42. The Morgan fingerprint density at radius 1 is 1.15 bits per heavy atom. The highest BCUT2D eigenvalue weighted by molar-refractivity contribution is 8.26. The predicted octanol–water partition coefficient (Wildman–Crippen LogP) is 5.22. The summed E-state index contributed by atoms with van der Waals surface area (Å²) in [7, 11) is 1.72. The van der Waals surface area contributed by atoms with E-state index in [2.05, 4.69) is 31.7 Å². The summed E-state index contributed by atoms with van der Waals surface area (Å²) >= 11 is 6.85. The maximum atomic E-state index is 13.3. The van der Waals surface area contributed by atoms with Gasteiger partial charge in [0.1, 0.15) is 21.8 Å². The van der Waals surface area contributed by atoms with Gasteiger partial charge in [-0.2, -0.15) is 5.26 Å². The lowest BCUT2D eigenvalue weighted by Gasteiger charge is -2.38. The van der Waals surface area contributed by atoms with Crippen LogP contribution in [0.3, 0.4) is 0 Å². The Morgan fingerprint density at radius 2 is 1.79 bits per heavy atom.